The minimum atomic E-state index is -0.431. The van der Waals surface area contributed by atoms with E-state index in [2.05, 4.69) is 10.6 Å². The summed E-state index contributed by atoms with van der Waals surface area (Å²) in [6.45, 7) is 5.32. The Labute approximate surface area is 88.7 Å². The summed E-state index contributed by atoms with van der Waals surface area (Å²) in [4.78, 5) is 10.8. The van der Waals surface area contributed by atoms with E-state index in [-0.39, 0.29) is 17.6 Å². The average Bonchev–Trinajstić information content (AvgIpc) is 2.09. The molecule has 0 unspecified atom stereocenters. The van der Waals surface area contributed by atoms with Crippen LogP contribution in [0.2, 0.25) is 0 Å². The third-order valence-electron chi connectivity index (χ3n) is 1.73. The fourth-order valence-electron chi connectivity index (χ4n) is 1.23. The lowest BCUT2D eigenvalue weighted by Gasteiger charge is -2.12. The molecule has 4 heteroatoms. The van der Waals surface area contributed by atoms with E-state index in [9.17, 15) is 9.18 Å². The Kier molecular flexibility index (Phi) is 3.66. The lowest BCUT2D eigenvalue weighted by Crippen LogP contribution is -2.11. The second-order valence-electron chi connectivity index (χ2n) is 3.67. The normalized spacial score (nSPS) is 10.2. The van der Waals surface area contributed by atoms with E-state index in [1.165, 1.54) is 13.0 Å². The van der Waals surface area contributed by atoms with Gasteiger partial charge in [0.1, 0.15) is 5.82 Å². The number of hydrogen-bond acceptors (Lipinski definition) is 2. The van der Waals surface area contributed by atoms with E-state index in [4.69, 9.17) is 0 Å². The van der Waals surface area contributed by atoms with Crippen LogP contribution in [0.25, 0.3) is 0 Å². The summed E-state index contributed by atoms with van der Waals surface area (Å²) in [5, 5.41) is 5.56. The molecule has 3 nitrogen and oxygen atoms in total. The molecule has 82 valence electrons. The summed E-state index contributed by atoms with van der Waals surface area (Å²) < 4.78 is 13.2. The molecule has 0 heterocycles. The number of nitrogens with one attached hydrogen (secondary N) is 2. The molecule has 1 aromatic rings. The van der Waals surface area contributed by atoms with Crippen molar-refractivity contribution in [3.05, 3.63) is 24.0 Å². The topological polar surface area (TPSA) is 41.1 Å². The van der Waals surface area contributed by atoms with E-state index < -0.39 is 5.82 Å². The maximum absolute atomic E-state index is 13.2. The fourth-order valence-corrected chi connectivity index (χ4v) is 1.23. The Hall–Kier alpha value is -1.58. The second kappa shape index (κ2) is 4.77. The van der Waals surface area contributed by atoms with Gasteiger partial charge in [-0.05, 0) is 32.0 Å². The van der Waals surface area contributed by atoms with Crippen LogP contribution in [0.1, 0.15) is 20.8 Å². The van der Waals surface area contributed by atoms with Crippen molar-refractivity contribution >= 4 is 17.3 Å². The van der Waals surface area contributed by atoms with Gasteiger partial charge >= 0.3 is 0 Å². The van der Waals surface area contributed by atoms with Crippen LogP contribution in [0.4, 0.5) is 15.8 Å². The molecule has 0 aliphatic heterocycles. The molecule has 15 heavy (non-hydrogen) atoms. The van der Waals surface area contributed by atoms with Crippen LogP contribution in [-0.2, 0) is 4.79 Å². The molecule has 2 N–H and O–H groups in total. The highest BCUT2D eigenvalue weighted by molar-refractivity contribution is 5.89. The zero-order valence-corrected chi connectivity index (χ0v) is 9.10. The molecule has 1 amide bonds. The molecular formula is C11H15FN2O. The highest BCUT2D eigenvalue weighted by Crippen LogP contribution is 2.20. The first kappa shape index (κ1) is 11.5. The van der Waals surface area contributed by atoms with Gasteiger partial charge in [0.05, 0.1) is 5.69 Å². The fraction of sp³-hybridized carbons (Fsp3) is 0.364. The first-order valence-electron chi connectivity index (χ1n) is 4.82. The highest BCUT2D eigenvalue weighted by atomic mass is 19.1. The van der Waals surface area contributed by atoms with Crippen LogP contribution in [0, 0.1) is 5.82 Å². The largest absolute Gasteiger partial charge is 0.383 e. The summed E-state index contributed by atoms with van der Waals surface area (Å²) in [6.07, 6.45) is 0. The van der Waals surface area contributed by atoms with E-state index in [0.29, 0.717) is 0 Å². The van der Waals surface area contributed by atoms with Crippen molar-refractivity contribution in [1.29, 1.82) is 0 Å². The summed E-state index contributed by atoms with van der Waals surface area (Å²) >= 11 is 0. The molecule has 0 bridgehead atoms. The lowest BCUT2D eigenvalue weighted by atomic mass is 10.2. The summed E-state index contributed by atoms with van der Waals surface area (Å²) in [5.41, 5.74) is 0.989. The minimum Gasteiger partial charge on any atom is -0.383 e. The van der Waals surface area contributed by atoms with Crippen molar-refractivity contribution in [2.45, 2.75) is 26.8 Å². The van der Waals surface area contributed by atoms with Gasteiger partial charge in [-0.15, -0.1) is 0 Å². The Balaban J connectivity index is 2.89. The van der Waals surface area contributed by atoms with Gasteiger partial charge in [-0.2, -0.15) is 0 Å². The number of halogens is 1. The van der Waals surface area contributed by atoms with Crippen molar-refractivity contribution in [1.82, 2.24) is 0 Å². The lowest BCUT2D eigenvalue weighted by molar-refractivity contribution is -0.114. The number of amides is 1. The molecule has 1 aromatic carbocycles. The van der Waals surface area contributed by atoms with E-state index >= 15 is 0 Å². The van der Waals surface area contributed by atoms with Crippen LogP contribution < -0.4 is 10.6 Å². The smallest absolute Gasteiger partial charge is 0.221 e. The Morgan fingerprint density at radius 1 is 1.40 bits per heavy atom. The first-order valence-corrected chi connectivity index (χ1v) is 4.82. The second-order valence-corrected chi connectivity index (χ2v) is 3.67. The van der Waals surface area contributed by atoms with Crippen LogP contribution >= 0.6 is 0 Å². The standard InChI is InChI=1S/C11H15FN2O/c1-7(2)13-9-4-5-10(12)11(6-9)14-8(3)15/h4-7,13H,1-3H3,(H,14,15). The van der Waals surface area contributed by atoms with E-state index in [0.717, 1.165) is 5.69 Å². The number of carbonyl (C=O) groups excluding carboxylic acids is 1. The summed E-state index contributed by atoms with van der Waals surface area (Å²) in [7, 11) is 0. The predicted molar refractivity (Wildman–Crippen MR) is 59.5 cm³/mol. The number of anilines is 2. The molecule has 0 aliphatic rings. The van der Waals surface area contributed by atoms with Crippen molar-refractivity contribution in [3.63, 3.8) is 0 Å². The molecule has 0 radical (unpaired) electrons. The number of rotatable bonds is 3. The third-order valence-corrected chi connectivity index (χ3v) is 1.73. The van der Waals surface area contributed by atoms with Crippen molar-refractivity contribution in [2.75, 3.05) is 10.6 Å². The van der Waals surface area contributed by atoms with Gasteiger partial charge in [-0.25, -0.2) is 4.39 Å². The van der Waals surface area contributed by atoms with E-state index in [1.54, 1.807) is 12.1 Å². The van der Waals surface area contributed by atoms with Crippen LogP contribution in [0.15, 0.2) is 18.2 Å². The van der Waals surface area contributed by atoms with Gasteiger partial charge in [-0.1, -0.05) is 0 Å². The summed E-state index contributed by atoms with van der Waals surface area (Å²) in [6, 6.07) is 4.81. The average molecular weight is 210 g/mol. The quantitative estimate of drug-likeness (QED) is 0.805. The Bertz CT molecular complexity index is 364. The predicted octanol–water partition coefficient (Wildman–Crippen LogP) is 2.60. The number of hydrogen-bond donors (Lipinski definition) is 2. The molecule has 0 saturated heterocycles. The minimum absolute atomic E-state index is 0.202. The highest BCUT2D eigenvalue weighted by Gasteiger charge is 2.05. The number of carbonyl (C=O) groups is 1. The van der Waals surface area contributed by atoms with Gasteiger partial charge in [0, 0.05) is 18.7 Å². The maximum Gasteiger partial charge on any atom is 0.221 e. The molecule has 0 saturated carbocycles. The molecule has 1 rings (SSSR count). The van der Waals surface area contributed by atoms with Gasteiger partial charge in [0.2, 0.25) is 5.91 Å². The molecule has 0 aliphatic carbocycles. The van der Waals surface area contributed by atoms with Gasteiger partial charge < -0.3 is 10.6 Å². The Morgan fingerprint density at radius 2 is 2.07 bits per heavy atom. The van der Waals surface area contributed by atoms with Crippen molar-refractivity contribution in [2.24, 2.45) is 0 Å². The zero-order valence-electron chi connectivity index (χ0n) is 9.10. The molecule has 0 aromatic heterocycles. The van der Waals surface area contributed by atoms with Gasteiger partial charge in [-0.3, -0.25) is 4.79 Å². The summed E-state index contributed by atoms with van der Waals surface area (Å²) in [5.74, 6) is -0.713. The molecule has 0 atom stereocenters. The van der Waals surface area contributed by atoms with Crippen LogP contribution in [-0.4, -0.2) is 11.9 Å². The van der Waals surface area contributed by atoms with Crippen LogP contribution in [0.5, 0.6) is 0 Å². The zero-order chi connectivity index (χ0) is 11.4. The molecule has 0 spiro atoms. The van der Waals surface area contributed by atoms with Crippen molar-refractivity contribution < 1.29 is 9.18 Å². The SMILES string of the molecule is CC(=O)Nc1cc(NC(C)C)ccc1F. The molecular weight excluding hydrogens is 195 g/mol. The molecule has 0 fully saturated rings. The monoisotopic (exact) mass is 210 g/mol. The first-order chi connectivity index (χ1) is 6.99. The van der Waals surface area contributed by atoms with E-state index in [1.807, 2.05) is 13.8 Å². The van der Waals surface area contributed by atoms with Gasteiger partial charge in [0.25, 0.3) is 0 Å². The Morgan fingerprint density at radius 3 is 2.60 bits per heavy atom. The van der Waals surface area contributed by atoms with Crippen LogP contribution in [0.3, 0.4) is 0 Å². The number of benzene rings is 1. The maximum atomic E-state index is 13.2. The van der Waals surface area contributed by atoms with Gasteiger partial charge in [0.15, 0.2) is 0 Å². The third kappa shape index (κ3) is 3.58. The van der Waals surface area contributed by atoms with Crippen molar-refractivity contribution in [3.8, 4) is 0 Å².